The molecule has 0 aromatic heterocycles. The third-order valence-corrected chi connectivity index (χ3v) is 6.15. The van der Waals surface area contributed by atoms with E-state index in [1.165, 1.54) is 12.1 Å². The molecule has 1 aromatic rings. The minimum atomic E-state index is -0.676. The lowest BCUT2D eigenvalue weighted by Gasteiger charge is -2.42. The highest BCUT2D eigenvalue weighted by Gasteiger charge is 2.43. The Kier molecular flexibility index (Phi) is 5.09. The molecular weight excluding hydrogens is 388 g/mol. The van der Waals surface area contributed by atoms with Crippen LogP contribution in [0.15, 0.2) is 34.7 Å². The van der Waals surface area contributed by atoms with Crippen molar-refractivity contribution in [3.8, 4) is 11.5 Å². The molecule has 8 nitrogen and oxygen atoms in total. The molecule has 0 spiro atoms. The zero-order chi connectivity index (χ0) is 21.6. The predicted molar refractivity (Wildman–Crippen MR) is 108 cm³/mol. The molecule has 30 heavy (non-hydrogen) atoms. The highest BCUT2D eigenvalue weighted by atomic mass is 16.6. The van der Waals surface area contributed by atoms with Crippen LogP contribution in [0.1, 0.15) is 56.9 Å². The number of Topliss-reactive ketones (excluding diaryl/α,β-unsaturated/α-hetero) is 2. The number of ketones is 2. The Bertz CT molecular complexity index is 979. The van der Waals surface area contributed by atoms with Crippen LogP contribution >= 0.6 is 0 Å². The van der Waals surface area contributed by atoms with E-state index in [9.17, 15) is 24.8 Å². The van der Waals surface area contributed by atoms with Crippen molar-refractivity contribution in [2.24, 2.45) is 0 Å². The molecule has 8 heteroatoms. The fourth-order valence-corrected chi connectivity index (χ4v) is 4.87. The molecule has 0 saturated carbocycles. The summed E-state index contributed by atoms with van der Waals surface area (Å²) in [6.45, 7) is 1.92. The number of aromatic hydroxyl groups is 1. The first-order valence-electron chi connectivity index (χ1n) is 10.2. The number of nitro groups is 1. The first-order chi connectivity index (χ1) is 14.3. The number of benzene rings is 1. The van der Waals surface area contributed by atoms with E-state index in [1.54, 1.807) is 6.92 Å². The normalized spacial score (nSPS) is 19.7. The van der Waals surface area contributed by atoms with Crippen LogP contribution in [0.2, 0.25) is 0 Å². The van der Waals surface area contributed by atoms with Gasteiger partial charge in [-0.2, -0.15) is 0 Å². The Labute approximate surface area is 174 Å². The van der Waals surface area contributed by atoms with Crippen molar-refractivity contribution in [2.75, 3.05) is 13.7 Å². The van der Waals surface area contributed by atoms with E-state index in [0.29, 0.717) is 29.6 Å². The molecule has 4 rings (SSSR count). The molecule has 0 saturated heterocycles. The fraction of sp³-hybridized carbons (Fsp3) is 0.455. The summed E-state index contributed by atoms with van der Waals surface area (Å²) in [6.07, 6.45) is 3.70. The lowest BCUT2D eigenvalue weighted by Crippen LogP contribution is -2.37. The molecule has 3 aliphatic rings. The van der Waals surface area contributed by atoms with Crippen LogP contribution in [-0.4, -0.2) is 40.2 Å². The number of hydrogen-bond donors (Lipinski definition) is 1. The highest BCUT2D eigenvalue weighted by molar-refractivity contribution is 6.06. The zero-order valence-corrected chi connectivity index (χ0v) is 17.1. The average Bonchev–Trinajstić information content (AvgIpc) is 2.71. The van der Waals surface area contributed by atoms with Gasteiger partial charge in [0.1, 0.15) is 0 Å². The Morgan fingerprint density at radius 2 is 1.67 bits per heavy atom. The summed E-state index contributed by atoms with van der Waals surface area (Å²) < 4.78 is 5.44. The minimum Gasteiger partial charge on any atom is -0.500 e. The fourth-order valence-electron chi connectivity index (χ4n) is 4.87. The Morgan fingerprint density at radius 1 is 1.10 bits per heavy atom. The highest BCUT2D eigenvalue weighted by Crippen LogP contribution is 2.50. The molecule has 0 fully saturated rings. The van der Waals surface area contributed by atoms with E-state index in [-0.39, 0.29) is 23.9 Å². The Hall–Kier alpha value is -3.16. The summed E-state index contributed by atoms with van der Waals surface area (Å²) >= 11 is 0. The van der Waals surface area contributed by atoms with Crippen LogP contribution < -0.4 is 4.74 Å². The number of carbonyl (C=O) groups excluding carboxylic acids is 2. The minimum absolute atomic E-state index is 0.0172. The Morgan fingerprint density at radius 3 is 2.17 bits per heavy atom. The number of phenolic OH excluding ortho intramolecular Hbond substituents is 1. The zero-order valence-electron chi connectivity index (χ0n) is 17.1. The quantitative estimate of drug-likeness (QED) is 0.592. The SMILES string of the molecule is CCOc1cc(C2C3=C(CCCC3=O)N(C)C3=C2C(=O)CCC3)cc([N+](=O)[O-])c1O. The monoisotopic (exact) mass is 412 g/mol. The van der Waals surface area contributed by atoms with Gasteiger partial charge in [-0.15, -0.1) is 0 Å². The maximum Gasteiger partial charge on any atom is 0.314 e. The van der Waals surface area contributed by atoms with E-state index in [4.69, 9.17) is 4.74 Å². The summed E-state index contributed by atoms with van der Waals surface area (Å²) in [6, 6.07) is 2.80. The van der Waals surface area contributed by atoms with E-state index in [0.717, 1.165) is 37.1 Å². The van der Waals surface area contributed by atoms with Crippen molar-refractivity contribution >= 4 is 17.3 Å². The first kappa shape index (κ1) is 20.1. The standard InChI is InChI=1S/C22H24N2O6/c1-3-30-18-11-12(10-15(22(18)27)24(28)29)19-20-13(6-4-8-16(20)25)23(2)14-7-5-9-17(26)21(14)19/h10-11,19,27H,3-9H2,1-2H3. The van der Waals surface area contributed by atoms with Crippen molar-refractivity contribution < 1.29 is 24.4 Å². The van der Waals surface area contributed by atoms with Crippen molar-refractivity contribution in [3.63, 3.8) is 0 Å². The van der Waals surface area contributed by atoms with Crippen LogP contribution in [0.25, 0.3) is 0 Å². The molecular formula is C22H24N2O6. The van der Waals surface area contributed by atoms with E-state index >= 15 is 0 Å². The first-order valence-corrected chi connectivity index (χ1v) is 10.2. The second-order valence-corrected chi connectivity index (χ2v) is 7.84. The van der Waals surface area contributed by atoms with Crippen LogP contribution in [0, 0.1) is 10.1 Å². The van der Waals surface area contributed by atoms with Crippen LogP contribution in [0.5, 0.6) is 11.5 Å². The van der Waals surface area contributed by atoms with Crippen molar-refractivity contribution in [1.82, 2.24) is 4.90 Å². The summed E-state index contributed by atoms with van der Waals surface area (Å²) in [4.78, 5) is 38.9. The van der Waals surface area contributed by atoms with Gasteiger partial charge >= 0.3 is 5.69 Å². The largest absolute Gasteiger partial charge is 0.500 e. The van der Waals surface area contributed by atoms with Crippen molar-refractivity contribution in [2.45, 2.75) is 51.4 Å². The van der Waals surface area contributed by atoms with Gasteiger partial charge < -0.3 is 14.7 Å². The van der Waals surface area contributed by atoms with Gasteiger partial charge in [0.15, 0.2) is 17.3 Å². The second kappa shape index (κ2) is 7.59. The number of allylic oxidation sites excluding steroid dienone is 4. The average molecular weight is 412 g/mol. The summed E-state index contributed by atoms with van der Waals surface area (Å²) in [5.74, 6) is -1.31. The summed E-state index contributed by atoms with van der Waals surface area (Å²) in [5.41, 5.74) is 2.80. The van der Waals surface area contributed by atoms with Gasteiger partial charge in [0.25, 0.3) is 0 Å². The second-order valence-electron chi connectivity index (χ2n) is 7.84. The molecule has 0 radical (unpaired) electrons. The number of ether oxygens (including phenoxy) is 1. The van der Waals surface area contributed by atoms with E-state index in [1.807, 2.05) is 11.9 Å². The van der Waals surface area contributed by atoms with Gasteiger partial charge in [-0.05, 0) is 44.2 Å². The summed E-state index contributed by atoms with van der Waals surface area (Å²) in [7, 11) is 1.89. The lowest BCUT2D eigenvalue weighted by molar-refractivity contribution is -0.386. The number of rotatable bonds is 4. The number of phenols is 1. The predicted octanol–water partition coefficient (Wildman–Crippen LogP) is 3.74. The molecule has 0 unspecified atom stereocenters. The van der Waals surface area contributed by atoms with E-state index in [2.05, 4.69) is 0 Å². The molecule has 1 N–H and O–H groups in total. The maximum absolute atomic E-state index is 13.0. The third kappa shape index (κ3) is 3.07. The number of hydrogen-bond acceptors (Lipinski definition) is 7. The molecule has 2 aliphatic carbocycles. The van der Waals surface area contributed by atoms with Crippen molar-refractivity contribution in [3.05, 3.63) is 50.4 Å². The molecule has 0 bridgehead atoms. The van der Waals surface area contributed by atoms with Gasteiger partial charge in [0.2, 0.25) is 5.75 Å². The smallest absolute Gasteiger partial charge is 0.314 e. The molecule has 158 valence electrons. The van der Waals surface area contributed by atoms with Gasteiger partial charge in [-0.1, -0.05) is 0 Å². The molecule has 1 aliphatic heterocycles. The molecule has 0 atom stereocenters. The van der Waals surface area contributed by atoms with Gasteiger partial charge in [-0.3, -0.25) is 19.7 Å². The van der Waals surface area contributed by atoms with E-state index < -0.39 is 22.3 Å². The van der Waals surface area contributed by atoms with Gasteiger partial charge in [0, 0.05) is 54.4 Å². The van der Waals surface area contributed by atoms with Crippen LogP contribution in [-0.2, 0) is 9.59 Å². The summed E-state index contributed by atoms with van der Waals surface area (Å²) in [5, 5.41) is 21.9. The molecule has 0 amide bonds. The van der Waals surface area contributed by atoms with Crippen molar-refractivity contribution in [1.29, 1.82) is 0 Å². The van der Waals surface area contributed by atoms with Crippen LogP contribution in [0.3, 0.4) is 0 Å². The lowest BCUT2D eigenvalue weighted by atomic mass is 9.71. The van der Waals surface area contributed by atoms with Gasteiger partial charge in [0.05, 0.1) is 11.5 Å². The number of nitrogens with zero attached hydrogens (tertiary/aromatic N) is 2. The van der Waals surface area contributed by atoms with Gasteiger partial charge in [-0.25, -0.2) is 0 Å². The third-order valence-electron chi connectivity index (χ3n) is 6.15. The molecule has 1 aromatic carbocycles. The number of carbonyl (C=O) groups is 2. The number of nitro benzene ring substituents is 1. The maximum atomic E-state index is 13.0. The molecule has 1 heterocycles. The Balaban J connectivity index is 1.99. The topological polar surface area (TPSA) is 110 Å². The van der Waals surface area contributed by atoms with Crippen LogP contribution in [0.4, 0.5) is 5.69 Å².